The van der Waals surface area contributed by atoms with Crippen molar-refractivity contribution in [2.45, 2.75) is 19.3 Å². The predicted octanol–water partition coefficient (Wildman–Crippen LogP) is 9.68. The molecule has 2 heterocycles. The number of fused-ring (bicyclic) bond motifs is 9. The lowest BCUT2D eigenvalue weighted by molar-refractivity contribution is 0.482. The molecule has 0 radical (unpaired) electrons. The molecule has 188 valence electrons. The summed E-state index contributed by atoms with van der Waals surface area (Å²) in [5.41, 5.74) is 8.17. The lowest BCUT2D eigenvalue weighted by Crippen LogP contribution is -2.14. The van der Waals surface area contributed by atoms with E-state index in [1.165, 1.54) is 43.8 Å². The van der Waals surface area contributed by atoms with Crippen LogP contribution in [0.5, 0.6) is 11.5 Å². The Morgan fingerprint density at radius 2 is 1.38 bits per heavy atom. The Morgan fingerprint density at radius 3 is 2.30 bits per heavy atom. The highest BCUT2D eigenvalue weighted by molar-refractivity contribution is 6.19. The van der Waals surface area contributed by atoms with Gasteiger partial charge >= 0.3 is 0 Å². The van der Waals surface area contributed by atoms with Gasteiger partial charge in [-0.05, 0) is 55.9 Å². The molecular weight excluding hydrogens is 488 g/mol. The smallest absolute Gasteiger partial charge is 0.172 e. The minimum Gasteiger partial charge on any atom is -0.453 e. The standard InChI is InChI=1S/C37H24N2O/c1-37(2)28-15-6-5-13-25(28)34-29(37)18-17-24-23-12-4-3-9-22(23)19-27(33(24)34)36-38-20-31-35(39-36)26-14-7-10-21-11-8-16-30(40-31)32(21)26/h3-20H,1-2H3. The average Bonchev–Trinajstić information content (AvgIpc) is 3.23. The lowest BCUT2D eigenvalue weighted by Gasteiger charge is -2.22. The van der Waals surface area contributed by atoms with Crippen molar-refractivity contribution in [3.05, 3.63) is 120 Å². The summed E-state index contributed by atoms with van der Waals surface area (Å²) in [4.78, 5) is 10.2. The maximum absolute atomic E-state index is 6.32. The minimum atomic E-state index is -0.0903. The van der Waals surface area contributed by atoms with E-state index in [-0.39, 0.29) is 5.41 Å². The molecule has 0 amide bonds. The fourth-order valence-corrected chi connectivity index (χ4v) is 7.05. The molecular formula is C37H24N2O. The summed E-state index contributed by atoms with van der Waals surface area (Å²) < 4.78 is 6.32. The fraction of sp³-hybridized carbons (Fsp3) is 0.0811. The summed E-state index contributed by atoms with van der Waals surface area (Å²) in [5, 5.41) is 7.11. The Balaban J connectivity index is 1.40. The molecule has 9 rings (SSSR count). The van der Waals surface area contributed by atoms with Crippen LogP contribution in [0.1, 0.15) is 25.0 Å². The number of benzene rings is 6. The van der Waals surface area contributed by atoms with Crippen molar-refractivity contribution in [2.24, 2.45) is 0 Å². The molecule has 1 aromatic heterocycles. The molecule has 0 saturated carbocycles. The largest absolute Gasteiger partial charge is 0.453 e. The molecule has 1 aliphatic carbocycles. The maximum Gasteiger partial charge on any atom is 0.172 e. The van der Waals surface area contributed by atoms with Gasteiger partial charge in [-0.15, -0.1) is 0 Å². The molecule has 0 spiro atoms. The summed E-state index contributed by atoms with van der Waals surface area (Å²) in [7, 11) is 0. The summed E-state index contributed by atoms with van der Waals surface area (Å²) >= 11 is 0. The van der Waals surface area contributed by atoms with Crippen molar-refractivity contribution in [1.82, 2.24) is 9.97 Å². The number of hydrogen-bond donors (Lipinski definition) is 0. The minimum absolute atomic E-state index is 0.0903. The summed E-state index contributed by atoms with van der Waals surface area (Å²) in [5.74, 6) is 2.26. The van der Waals surface area contributed by atoms with Gasteiger partial charge in [-0.1, -0.05) is 105 Å². The molecule has 40 heavy (non-hydrogen) atoms. The second-order valence-electron chi connectivity index (χ2n) is 11.4. The van der Waals surface area contributed by atoms with E-state index in [0.717, 1.165) is 33.3 Å². The normalized spacial score (nSPS) is 14.2. The number of ether oxygens (including phenoxy) is 1. The summed E-state index contributed by atoms with van der Waals surface area (Å²) in [6.45, 7) is 4.66. The Kier molecular flexibility index (Phi) is 4.13. The average molecular weight is 513 g/mol. The maximum atomic E-state index is 6.32. The lowest BCUT2D eigenvalue weighted by atomic mass is 9.81. The van der Waals surface area contributed by atoms with Crippen LogP contribution in [0.4, 0.5) is 0 Å². The molecule has 0 unspecified atom stereocenters. The first-order valence-electron chi connectivity index (χ1n) is 13.8. The third-order valence-corrected chi connectivity index (χ3v) is 8.91. The van der Waals surface area contributed by atoms with Gasteiger partial charge in [0.2, 0.25) is 0 Å². The zero-order valence-corrected chi connectivity index (χ0v) is 22.2. The zero-order chi connectivity index (χ0) is 26.6. The molecule has 0 atom stereocenters. The van der Waals surface area contributed by atoms with Gasteiger partial charge in [0.15, 0.2) is 11.6 Å². The first kappa shape index (κ1) is 21.9. The first-order valence-corrected chi connectivity index (χ1v) is 13.8. The van der Waals surface area contributed by atoms with Gasteiger partial charge in [0.1, 0.15) is 11.4 Å². The monoisotopic (exact) mass is 512 g/mol. The van der Waals surface area contributed by atoms with Crippen LogP contribution in [0, 0.1) is 0 Å². The zero-order valence-electron chi connectivity index (χ0n) is 22.2. The second kappa shape index (κ2) is 7.55. The molecule has 3 nitrogen and oxygen atoms in total. The predicted molar refractivity (Wildman–Crippen MR) is 163 cm³/mol. The molecule has 0 fully saturated rings. The quantitative estimate of drug-likeness (QED) is 0.205. The van der Waals surface area contributed by atoms with Crippen molar-refractivity contribution < 1.29 is 4.74 Å². The number of aromatic nitrogens is 2. The van der Waals surface area contributed by atoms with Crippen molar-refractivity contribution in [1.29, 1.82) is 0 Å². The van der Waals surface area contributed by atoms with Crippen LogP contribution in [0.15, 0.2) is 109 Å². The van der Waals surface area contributed by atoms with Crippen LogP contribution < -0.4 is 4.74 Å². The molecule has 0 bridgehead atoms. The van der Waals surface area contributed by atoms with E-state index < -0.39 is 0 Å². The van der Waals surface area contributed by atoms with Crippen LogP contribution in [0.2, 0.25) is 0 Å². The van der Waals surface area contributed by atoms with Gasteiger partial charge in [0.25, 0.3) is 0 Å². The highest BCUT2D eigenvalue weighted by atomic mass is 16.5. The third kappa shape index (κ3) is 2.74. The van der Waals surface area contributed by atoms with Crippen molar-refractivity contribution in [3.8, 4) is 45.3 Å². The van der Waals surface area contributed by atoms with Crippen LogP contribution >= 0.6 is 0 Å². The Morgan fingerprint density at radius 1 is 0.600 bits per heavy atom. The second-order valence-corrected chi connectivity index (χ2v) is 11.4. The van der Waals surface area contributed by atoms with Crippen molar-refractivity contribution >= 4 is 32.3 Å². The van der Waals surface area contributed by atoms with Gasteiger partial charge in [-0.2, -0.15) is 0 Å². The van der Waals surface area contributed by atoms with E-state index in [2.05, 4.69) is 105 Å². The fourth-order valence-electron chi connectivity index (χ4n) is 7.05. The molecule has 0 saturated heterocycles. The van der Waals surface area contributed by atoms with Crippen LogP contribution in [0.25, 0.3) is 66.1 Å². The summed E-state index contributed by atoms with van der Waals surface area (Å²) in [6, 6.07) is 36.9. The number of rotatable bonds is 1. The number of hydrogen-bond acceptors (Lipinski definition) is 3. The van der Waals surface area contributed by atoms with Gasteiger partial charge in [-0.25, -0.2) is 9.97 Å². The van der Waals surface area contributed by atoms with E-state index in [1.54, 1.807) is 0 Å². The topological polar surface area (TPSA) is 35.0 Å². The molecule has 0 N–H and O–H groups in total. The van der Waals surface area contributed by atoms with Crippen LogP contribution in [0.3, 0.4) is 0 Å². The van der Waals surface area contributed by atoms with Crippen LogP contribution in [-0.4, -0.2) is 9.97 Å². The van der Waals surface area contributed by atoms with E-state index in [0.29, 0.717) is 11.6 Å². The van der Waals surface area contributed by atoms with E-state index in [9.17, 15) is 0 Å². The van der Waals surface area contributed by atoms with E-state index >= 15 is 0 Å². The van der Waals surface area contributed by atoms with Gasteiger partial charge in [0.05, 0.1) is 6.20 Å². The SMILES string of the molecule is CC1(C)c2ccccc2-c2c1ccc1c2c(-c2ncc3c(n2)-c2cccc4cccc(c24)O3)cc2ccccc21. The first-order chi connectivity index (χ1) is 19.6. The Labute approximate surface area is 231 Å². The number of nitrogens with zero attached hydrogens (tertiary/aromatic N) is 2. The third-order valence-electron chi connectivity index (χ3n) is 8.91. The van der Waals surface area contributed by atoms with Gasteiger partial charge in [-0.3, -0.25) is 0 Å². The van der Waals surface area contributed by atoms with Crippen molar-refractivity contribution in [3.63, 3.8) is 0 Å². The Bertz CT molecular complexity index is 2220. The van der Waals surface area contributed by atoms with Crippen molar-refractivity contribution in [2.75, 3.05) is 0 Å². The molecule has 2 aliphatic rings. The molecule has 1 aliphatic heterocycles. The highest BCUT2D eigenvalue weighted by Gasteiger charge is 2.37. The molecule has 7 aromatic rings. The molecule has 6 aromatic carbocycles. The summed E-state index contributed by atoms with van der Waals surface area (Å²) in [6.07, 6.45) is 1.84. The van der Waals surface area contributed by atoms with Crippen LogP contribution in [-0.2, 0) is 5.41 Å². The highest BCUT2D eigenvalue weighted by Crippen LogP contribution is 2.54. The van der Waals surface area contributed by atoms with E-state index in [1.807, 2.05) is 18.3 Å². The molecule has 3 heteroatoms. The van der Waals surface area contributed by atoms with Gasteiger partial charge in [0, 0.05) is 27.3 Å². The van der Waals surface area contributed by atoms with E-state index in [4.69, 9.17) is 14.7 Å². The Hall–Kier alpha value is -5.02. The van der Waals surface area contributed by atoms with Gasteiger partial charge < -0.3 is 4.74 Å².